The average Bonchev–Trinajstić information content (AvgIpc) is 2.38. The van der Waals surface area contributed by atoms with Gasteiger partial charge in [-0.05, 0) is 26.5 Å². The minimum atomic E-state index is -4.67. The van der Waals surface area contributed by atoms with Gasteiger partial charge in [-0.25, -0.2) is 0 Å². The van der Waals surface area contributed by atoms with Crippen molar-refractivity contribution in [1.82, 2.24) is 11.1 Å². The van der Waals surface area contributed by atoms with E-state index in [-0.39, 0.29) is 47.0 Å². The Bertz CT molecular complexity index is 537. The van der Waals surface area contributed by atoms with Gasteiger partial charge in [-0.2, -0.15) is 0 Å². The van der Waals surface area contributed by atoms with E-state index in [1.54, 1.807) is 24.3 Å². The molecule has 0 amide bonds. The summed E-state index contributed by atoms with van der Waals surface area (Å²) in [7, 11) is -7.94. The van der Waals surface area contributed by atoms with E-state index in [0.717, 1.165) is 5.56 Å². The van der Waals surface area contributed by atoms with Crippen LogP contribution in [0.15, 0.2) is 30.3 Å². The zero-order valence-corrected chi connectivity index (χ0v) is 18.0. The maximum absolute atomic E-state index is 12.2. The number of nitrogens with zero attached hydrogens (tertiary/aromatic N) is 1. The molecule has 0 heterocycles. The maximum Gasteiger partial charge on any atom is 2.00 e. The van der Waals surface area contributed by atoms with Crippen LogP contribution in [0.1, 0.15) is 19.4 Å². The molecule has 0 saturated heterocycles. The largest absolute Gasteiger partial charge is 2.00 e. The summed E-state index contributed by atoms with van der Waals surface area (Å²) >= 11 is 0. The fraction of sp³-hybridized carbons (Fsp3) is 0.538. The Morgan fingerprint density at radius 2 is 1.46 bits per heavy atom. The Morgan fingerprint density at radius 3 is 1.83 bits per heavy atom. The van der Waals surface area contributed by atoms with Crippen molar-refractivity contribution in [3.63, 3.8) is 0 Å². The summed E-state index contributed by atoms with van der Waals surface area (Å²) < 4.78 is 33.8. The van der Waals surface area contributed by atoms with Crippen molar-refractivity contribution in [2.45, 2.75) is 25.9 Å². The van der Waals surface area contributed by atoms with Gasteiger partial charge in [-0.15, -0.1) is 0 Å². The zero-order valence-electron chi connectivity index (χ0n) is 13.9. The van der Waals surface area contributed by atoms with Crippen molar-refractivity contribution in [3.05, 3.63) is 35.9 Å². The van der Waals surface area contributed by atoms with Crippen LogP contribution in [0, 0.1) is 0 Å². The predicted octanol–water partition coefficient (Wildman–Crippen LogP) is 1.74. The van der Waals surface area contributed by atoms with Crippen LogP contribution < -0.4 is 15.9 Å². The van der Waals surface area contributed by atoms with Crippen LogP contribution in [0.5, 0.6) is 0 Å². The first-order valence-electron chi connectivity index (χ1n) is 6.89. The van der Waals surface area contributed by atoms with Crippen molar-refractivity contribution in [1.29, 1.82) is 0 Å². The normalized spacial score (nSPS) is 17.1. The number of rotatable bonds is 9. The number of hydrogen-bond acceptors (Lipinski definition) is 8. The Balaban J connectivity index is 0. The van der Waals surface area contributed by atoms with Gasteiger partial charge >= 0.3 is 21.1 Å². The summed E-state index contributed by atoms with van der Waals surface area (Å²) in [5.74, 6) is 0. The van der Waals surface area contributed by atoms with Gasteiger partial charge in [-0.1, -0.05) is 30.3 Å². The second-order valence-corrected chi connectivity index (χ2v) is 8.72. The van der Waals surface area contributed by atoms with Crippen LogP contribution in [0.3, 0.4) is 0 Å². The third kappa shape index (κ3) is 7.57. The summed E-state index contributed by atoms with van der Waals surface area (Å²) in [4.78, 5) is 25.6. The number of hydrogen-bond donors (Lipinski definition) is 1. The summed E-state index contributed by atoms with van der Waals surface area (Å²) in [6, 6.07) is 8.95. The minimum absolute atomic E-state index is 0. The molecular formula is C13H24N2O6P2Pt. The van der Waals surface area contributed by atoms with Gasteiger partial charge < -0.3 is 34.1 Å². The standard InChI is InChI=1S/C13H23NO6P2.H3N.Pt/c1-4-19-21(15,16)13(22(17,18)20-5-2)14(3)11-12-9-7-6-8-10-12;;/h6-10,13H,4-5,11H2,1-3H3,(H,15,16)(H,17,18);1H3;/q;;+2/p-2. The molecule has 2 unspecified atom stereocenters. The first kappa shape index (κ1) is 26.4. The van der Waals surface area contributed by atoms with Gasteiger partial charge in [0.1, 0.15) is 5.52 Å². The van der Waals surface area contributed by atoms with Crippen molar-refractivity contribution in [2.24, 2.45) is 0 Å². The molecule has 0 aliphatic rings. The van der Waals surface area contributed by atoms with Crippen LogP contribution in [0.2, 0.25) is 0 Å². The van der Waals surface area contributed by atoms with E-state index in [2.05, 4.69) is 9.05 Å². The van der Waals surface area contributed by atoms with Crippen LogP contribution in [0.4, 0.5) is 0 Å². The van der Waals surface area contributed by atoms with E-state index < -0.39 is 20.7 Å². The SMILES string of the molecule is CCOP(=O)([O-])C(N(C)Cc1ccccc1)P(=O)([O-])OCC.N.[Pt+2]. The van der Waals surface area contributed by atoms with Gasteiger partial charge in [0.15, 0.2) is 15.2 Å². The molecule has 0 bridgehead atoms. The Morgan fingerprint density at radius 1 is 1.04 bits per heavy atom. The molecule has 0 spiro atoms. The molecule has 3 N–H and O–H groups in total. The molecule has 2 atom stereocenters. The molecule has 0 fully saturated rings. The zero-order chi connectivity index (χ0) is 16.8. The Labute approximate surface area is 157 Å². The summed E-state index contributed by atoms with van der Waals surface area (Å²) in [5, 5.41) is 0. The third-order valence-corrected chi connectivity index (χ3v) is 7.71. The summed E-state index contributed by atoms with van der Waals surface area (Å²) in [5.41, 5.74) is -1.08. The molecule has 0 saturated carbocycles. The van der Waals surface area contributed by atoms with Crippen molar-refractivity contribution >= 4 is 15.2 Å². The maximum atomic E-state index is 12.2. The quantitative estimate of drug-likeness (QED) is 0.451. The van der Waals surface area contributed by atoms with Crippen LogP contribution in [-0.2, 0) is 45.8 Å². The molecule has 0 radical (unpaired) electrons. The smallest absolute Gasteiger partial charge is 0.777 e. The van der Waals surface area contributed by atoms with E-state index in [1.807, 2.05) is 6.07 Å². The fourth-order valence-electron chi connectivity index (χ4n) is 2.10. The number of benzene rings is 1. The van der Waals surface area contributed by atoms with E-state index in [4.69, 9.17) is 0 Å². The van der Waals surface area contributed by atoms with E-state index in [1.165, 1.54) is 25.8 Å². The van der Waals surface area contributed by atoms with Crippen molar-refractivity contribution in [3.8, 4) is 0 Å². The topological polar surface area (TPSA) is 137 Å². The van der Waals surface area contributed by atoms with E-state index >= 15 is 0 Å². The Hall–Kier alpha value is 0.128. The third-order valence-electron chi connectivity index (χ3n) is 2.85. The van der Waals surface area contributed by atoms with Crippen LogP contribution in [-0.4, -0.2) is 30.7 Å². The van der Waals surface area contributed by atoms with E-state index in [9.17, 15) is 18.9 Å². The van der Waals surface area contributed by atoms with Crippen molar-refractivity contribution in [2.75, 3.05) is 20.3 Å². The second-order valence-electron chi connectivity index (χ2n) is 4.66. The van der Waals surface area contributed by atoms with Crippen LogP contribution >= 0.6 is 15.2 Å². The monoisotopic (exact) mass is 561 g/mol. The molecule has 0 aromatic heterocycles. The van der Waals surface area contributed by atoms with Gasteiger partial charge in [0.05, 0.1) is 13.2 Å². The molecular weight excluding hydrogens is 537 g/mol. The van der Waals surface area contributed by atoms with E-state index in [0.29, 0.717) is 0 Å². The molecule has 1 aromatic carbocycles. The van der Waals surface area contributed by atoms with Gasteiger partial charge in [0.25, 0.3) is 0 Å². The molecule has 11 heteroatoms. The van der Waals surface area contributed by atoms with Gasteiger partial charge in [-0.3, -0.25) is 4.90 Å². The van der Waals surface area contributed by atoms with Gasteiger partial charge in [0.2, 0.25) is 0 Å². The first-order valence-corrected chi connectivity index (χ1v) is 10.1. The minimum Gasteiger partial charge on any atom is -0.777 e. The molecule has 1 aromatic rings. The second kappa shape index (κ2) is 11.7. The molecule has 0 aliphatic heterocycles. The first-order chi connectivity index (χ1) is 10.2. The van der Waals surface area contributed by atoms with Gasteiger partial charge in [0, 0.05) is 6.54 Å². The summed E-state index contributed by atoms with van der Waals surface area (Å²) in [6.07, 6.45) is 0. The average molecular weight is 561 g/mol. The molecule has 0 aliphatic carbocycles. The molecule has 1 rings (SSSR count). The summed E-state index contributed by atoms with van der Waals surface area (Å²) in [6.45, 7) is 2.82. The molecule has 8 nitrogen and oxygen atoms in total. The predicted molar refractivity (Wildman–Crippen MR) is 85.2 cm³/mol. The van der Waals surface area contributed by atoms with Crippen molar-refractivity contribution < 1.29 is 49.0 Å². The molecule has 24 heavy (non-hydrogen) atoms. The van der Waals surface area contributed by atoms with Crippen LogP contribution in [0.25, 0.3) is 0 Å². The molecule has 142 valence electrons. The Kier molecular flexibility index (Phi) is 12.8. The fourth-order valence-corrected chi connectivity index (χ4v) is 6.00.